The lowest BCUT2D eigenvalue weighted by Crippen LogP contribution is -2.45. The number of rotatable bonds is 8. The Balaban J connectivity index is 1.18. The second kappa shape index (κ2) is 13.1. The number of anilines is 1. The van der Waals surface area contributed by atoms with Gasteiger partial charge in [-0.25, -0.2) is 15.0 Å². The van der Waals surface area contributed by atoms with Crippen molar-refractivity contribution in [3.8, 4) is 22.9 Å². The van der Waals surface area contributed by atoms with E-state index in [-0.39, 0.29) is 5.97 Å². The quantitative estimate of drug-likeness (QED) is 0.327. The monoisotopic (exact) mass is 610 g/mol. The Morgan fingerprint density at radius 1 is 1.00 bits per heavy atom. The molecule has 6 rings (SSSR count). The molecule has 0 aliphatic carbocycles. The van der Waals surface area contributed by atoms with Crippen molar-refractivity contribution in [2.75, 3.05) is 44.7 Å². The zero-order chi connectivity index (χ0) is 29.1. The summed E-state index contributed by atoms with van der Waals surface area (Å²) in [4.78, 5) is 30.4. The molecular weight excluding hydrogens is 575 g/mol. The number of hydrogen-bond acceptors (Lipinski definition) is 9. The molecule has 0 spiro atoms. The number of ether oxygens (including phenoxy) is 2. The molecule has 3 fully saturated rings. The van der Waals surface area contributed by atoms with E-state index in [9.17, 15) is 4.79 Å². The Hall–Kier alpha value is -2.98. The standard InChI is InChI=1S/C31H36Cl2N6O3/c1-41-30(40)12-20-3-7-38(8-4-20)18-21-10-28(23-13-24(32)15-25(33)14-23)37-29(11-21)42-26-16-35-31(36-17-26)39-9-5-27-22(19-39)2-6-34-27/h10-11,13-17,20,22,27,34H,2-9,12,18-19H2,1H3. The van der Waals surface area contributed by atoms with Gasteiger partial charge in [0.25, 0.3) is 0 Å². The Morgan fingerprint density at radius 3 is 2.50 bits per heavy atom. The number of benzene rings is 1. The number of esters is 1. The highest BCUT2D eigenvalue weighted by Crippen LogP contribution is 2.32. The molecule has 3 saturated heterocycles. The zero-order valence-corrected chi connectivity index (χ0v) is 25.3. The van der Waals surface area contributed by atoms with Crippen molar-refractivity contribution in [1.82, 2.24) is 25.2 Å². The number of carbonyl (C=O) groups excluding carboxylic acids is 1. The lowest BCUT2D eigenvalue weighted by Gasteiger charge is -2.34. The van der Waals surface area contributed by atoms with Crippen molar-refractivity contribution in [3.63, 3.8) is 0 Å². The van der Waals surface area contributed by atoms with Crippen molar-refractivity contribution in [2.45, 2.75) is 44.7 Å². The number of aromatic nitrogens is 3. The van der Waals surface area contributed by atoms with E-state index in [1.807, 2.05) is 18.2 Å². The fourth-order valence-corrected chi connectivity index (χ4v) is 6.88. The van der Waals surface area contributed by atoms with E-state index < -0.39 is 0 Å². The van der Waals surface area contributed by atoms with Crippen molar-refractivity contribution in [3.05, 3.63) is 58.3 Å². The molecule has 9 nitrogen and oxygen atoms in total. The van der Waals surface area contributed by atoms with Crippen molar-refractivity contribution in [2.24, 2.45) is 11.8 Å². The van der Waals surface area contributed by atoms with Gasteiger partial charge >= 0.3 is 5.97 Å². The van der Waals surface area contributed by atoms with Crippen LogP contribution in [0, 0.1) is 11.8 Å². The third-order valence-electron chi connectivity index (χ3n) is 8.59. The highest BCUT2D eigenvalue weighted by Gasteiger charge is 2.33. The summed E-state index contributed by atoms with van der Waals surface area (Å²) in [6.45, 7) is 5.56. The van der Waals surface area contributed by atoms with Gasteiger partial charge in [0.2, 0.25) is 11.8 Å². The second-order valence-electron chi connectivity index (χ2n) is 11.5. The number of nitrogens with one attached hydrogen (secondary N) is 1. The highest BCUT2D eigenvalue weighted by atomic mass is 35.5. The van der Waals surface area contributed by atoms with Crippen LogP contribution in [0.4, 0.5) is 5.95 Å². The van der Waals surface area contributed by atoms with Crippen LogP contribution >= 0.6 is 23.2 Å². The van der Waals surface area contributed by atoms with E-state index in [0.717, 1.165) is 81.3 Å². The minimum absolute atomic E-state index is 0.137. The van der Waals surface area contributed by atoms with Crippen LogP contribution in [0.15, 0.2) is 42.7 Å². The summed E-state index contributed by atoms with van der Waals surface area (Å²) < 4.78 is 11.1. The molecule has 1 N–H and O–H groups in total. The smallest absolute Gasteiger partial charge is 0.305 e. The molecule has 2 atom stereocenters. The molecule has 0 radical (unpaired) electrons. The molecule has 1 aromatic carbocycles. The zero-order valence-electron chi connectivity index (χ0n) is 23.8. The van der Waals surface area contributed by atoms with Crippen LogP contribution in [0.1, 0.15) is 37.7 Å². The molecule has 0 amide bonds. The molecule has 2 aromatic heterocycles. The minimum Gasteiger partial charge on any atom is -0.469 e. The van der Waals surface area contributed by atoms with Gasteiger partial charge in [-0.1, -0.05) is 23.2 Å². The Labute approximate surface area is 256 Å². The van der Waals surface area contributed by atoms with Gasteiger partial charge in [-0.3, -0.25) is 9.69 Å². The fraction of sp³-hybridized carbons (Fsp3) is 0.484. The molecule has 5 heterocycles. The van der Waals surface area contributed by atoms with E-state index in [0.29, 0.717) is 46.0 Å². The van der Waals surface area contributed by atoms with Gasteiger partial charge < -0.3 is 19.7 Å². The van der Waals surface area contributed by atoms with Crippen molar-refractivity contribution < 1.29 is 14.3 Å². The van der Waals surface area contributed by atoms with Crippen LogP contribution < -0.4 is 15.0 Å². The number of halogens is 2. The van der Waals surface area contributed by atoms with Gasteiger partial charge in [0.1, 0.15) is 0 Å². The molecule has 222 valence electrons. The van der Waals surface area contributed by atoms with Gasteiger partial charge in [0.05, 0.1) is 25.2 Å². The molecule has 42 heavy (non-hydrogen) atoms. The maximum Gasteiger partial charge on any atom is 0.305 e. The number of hydrogen-bond donors (Lipinski definition) is 1. The molecule has 3 aliphatic rings. The molecule has 11 heteroatoms. The summed E-state index contributed by atoms with van der Waals surface area (Å²) in [5, 5.41) is 4.69. The van der Waals surface area contributed by atoms with Crippen LogP contribution in [-0.2, 0) is 16.1 Å². The van der Waals surface area contributed by atoms with Gasteiger partial charge in [0, 0.05) is 53.8 Å². The molecule has 3 aliphatic heterocycles. The van der Waals surface area contributed by atoms with Gasteiger partial charge in [-0.05, 0) is 87.0 Å². The predicted octanol–water partition coefficient (Wildman–Crippen LogP) is 5.60. The summed E-state index contributed by atoms with van der Waals surface area (Å²) in [6.07, 6.45) is 8.15. The average molecular weight is 612 g/mol. The van der Waals surface area contributed by atoms with Crippen molar-refractivity contribution in [1.29, 1.82) is 0 Å². The van der Waals surface area contributed by atoms with Crippen molar-refractivity contribution >= 4 is 35.1 Å². The summed E-state index contributed by atoms with van der Waals surface area (Å²) in [5.74, 6) is 2.59. The Kier molecular flexibility index (Phi) is 9.09. The van der Waals surface area contributed by atoms with Crippen LogP contribution in [0.2, 0.25) is 10.0 Å². The lowest BCUT2D eigenvalue weighted by atomic mass is 9.93. The lowest BCUT2D eigenvalue weighted by molar-refractivity contribution is -0.142. The number of pyridine rings is 1. The molecular formula is C31H36Cl2N6O3. The number of fused-ring (bicyclic) bond motifs is 1. The average Bonchev–Trinajstić information content (AvgIpc) is 3.46. The highest BCUT2D eigenvalue weighted by molar-refractivity contribution is 6.35. The number of methoxy groups -OCH3 is 1. The number of nitrogens with zero attached hydrogens (tertiary/aromatic N) is 5. The summed E-state index contributed by atoms with van der Waals surface area (Å²) in [7, 11) is 1.45. The van der Waals surface area contributed by atoms with Crippen LogP contribution in [0.3, 0.4) is 0 Å². The summed E-state index contributed by atoms with van der Waals surface area (Å²) in [5.41, 5.74) is 2.59. The number of carbonyl (C=O) groups is 1. The first-order valence-electron chi connectivity index (χ1n) is 14.7. The predicted molar refractivity (Wildman–Crippen MR) is 163 cm³/mol. The van der Waals surface area contributed by atoms with Crippen LogP contribution in [0.5, 0.6) is 11.6 Å². The minimum atomic E-state index is -0.137. The Bertz CT molecular complexity index is 1380. The largest absolute Gasteiger partial charge is 0.469 e. The first-order chi connectivity index (χ1) is 20.4. The van der Waals surface area contributed by atoms with Gasteiger partial charge in [-0.2, -0.15) is 0 Å². The summed E-state index contributed by atoms with van der Waals surface area (Å²) in [6, 6.07) is 10.0. The van der Waals surface area contributed by atoms with Gasteiger partial charge in [-0.15, -0.1) is 0 Å². The fourth-order valence-electron chi connectivity index (χ4n) is 6.35. The second-order valence-corrected chi connectivity index (χ2v) is 12.4. The maximum atomic E-state index is 11.7. The molecule has 3 aromatic rings. The van der Waals surface area contributed by atoms with Gasteiger partial charge in [0.15, 0.2) is 5.75 Å². The third kappa shape index (κ3) is 7.14. The number of likely N-dealkylation sites (tertiary alicyclic amines) is 1. The first-order valence-corrected chi connectivity index (χ1v) is 15.4. The number of piperidine rings is 2. The van der Waals surface area contributed by atoms with E-state index in [2.05, 4.69) is 31.2 Å². The maximum absolute atomic E-state index is 11.7. The van der Waals surface area contributed by atoms with E-state index >= 15 is 0 Å². The summed E-state index contributed by atoms with van der Waals surface area (Å²) >= 11 is 12.7. The van der Waals surface area contributed by atoms with E-state index in [4.69, 9.17) is 37.7 Å². The molecule has 0 bridgehead atoms. The van der Waals surface area contributed by atoms with E-state index in [1.165, 1.54) is 13.5 Å². The first kappa shape index (κ1) is 29.1. The molecule has 2 unspecified atom stereocenters. The van der Waals surface area contributed by atoms with E-state index in [1.54, 1.807) is 18.5 Å². The topological polar surface area (TPSA) is 92.7 Å². The Morgan fingerprint density at radius 2 is 1.76 bits per heavy atom. The normalized spacial score (nSPS) is 21.3. The SMILES string of the molecule is COC(=O)CC1CCN(Cc2cc(Oc3cnc(N4CCC5NCCC5C4)nc3)nc(-c3cc(Cl)cc(Cl)c3)c2)CC1. The van der Waals surface area contributed by atoms with Crippen LogP contribution in [-0.4, -0.2) is 71.7 Å². The van der Waals surface area contributed by atoms with Crippen LogP contribution in [0.25, 0.3) is 11.3 Å². The third-order valence-corrected chi connectivity index (χ3v) is 9.03. The molecule has 0 saturated carbocycles.